The predicted molar refractivity (Wildman–Crippen MR) is 121 cm³/mol. The Morgan fingerprint density at radius 3 is 2.28 bits per heavy atom. The summed E-state index contributed by atoms with van der Waals surface area (Å²) in [6, 6.07) is 6.85. The molecule has 0 spiro atoms. The topological polar surface area (TPSA) is 88.1 Å². The van der Waals surface area contributed by atoms with Crippen LogP contribution in [-0.4, -0.2) is 75.2 Å². The number of aromatic nitrogens is 2. The van der Waals surface area contributed by atoms with E-state index in [2.05, 4.69) is 14.8 Å². The number of nitrogens with zero attached hydrogens (tertiary/aromatic N) is 5. The van der Waals surface area contributed by atoms with Gasteiger partial charge in [0.15, 0.2) is 11.5 Å². The number of hydrogen-bond acceptors (Lipinski definition) is 8. The van der Waals surface area contributed by atoms with Crippen LogP contribution in [0.15, 0.2) is 29.2 Å². The molecule has 4 heterocycles. The first kappa shape index (κ1) is 21.3. The van der Waals surface area contributed by atoms with E-state index in [9.17, 15) is 8.42 Å². The maximum absolute atomic E-state index is 13.2. The molecular formula is C22H29N5O4S. The van der Waals surface area contributed by atoms with Crippen molar-refractivity contribution < 1.29 is 17.9 Å². The van der Waals surface area contributed by atoms with E-state index in [0.29, 0.717) is 56.8 Å². The standard InChI is InChI=1S/C22H29N5O4S/c1-17-15-21(25-7-3-2-4-8-25)24-22(23-17)26-9-11-27(12-10-26)32(28,29)18-5-6-19-20(16-18)31-14-13-30-19/h5-6,15-16H,2-4,7-14H2,1H3. The number of sulfonamides is 1. The minimum absolute atomic E-state index is 0.231. The van der Waals surface area contributed by atoms with Crippen LogP contribution in [0.25, 0.3) is 0 Å². The Bertz CT molecular complexity index is 1080. The first-order valence-corrected chi connectivity index (χ1v) is 12.7. The van der Waals surface area contributed by atoms with Crippen molar-refractivity contribution in [2.45, 2.75) is 31.1 Å². The van der Waals surface area contributed by atoms with Crippen LogP contribution in [0.2, 0.25) is 0 Å². The van der Waals surface area contributed by atoms with Gasteiger partial charge in [-0.1, -0.05) is 0 Å². The highest BCUT2D eigenvalue weighted by Gasteiger charge is 2.31. The van der Waals surface area contributed by atoms with Gasteiger partial charge in [-0.15, -0.1) is 0 Å². The van der Waals surface area contributed by atoms with Crippen molar-refractivity contribution >= 4 is 21.8 Å². The van der Waals surface area contributed by atoms with Crippen molar-refractivity contribution in [2.75, 3.05) is 62.3 Å². The van der Waals surface area contributed by atoms with E-state index >= 15 is 0 Å². The van der Waals surface area contributed by atoms with Crippen molar-refractivity contribution in [3.8, 4) is 11.5 Å². The van der Waals surface area contributed by atoms with Gasteiger partial charge in [-0.25, -0.2) is 13.4 Å². The lowest BCUT2D eigenvalue weighted by atomic mass is 10.1. The molecule has 0 aliphatic carbocycles. The van der Waals surface area contributed by atoms with Gasteiger partial charge in [-0.3, -0.25) is 0 Å². The summed E-state index contributed by atoms with van der Waals surface area (Å²) < 4.78 is 39.0. The van der Waals surface area contributed by atoms with E-state index in [4.69, 9.17) is 14.5 Å². The van der Waals surface area contributed by atoms with Crippen molar-refractivity contribution in [2.24, 2.45) is 0 Å². The van der Waals surface area contributed by atoms with E-state index in [1.807, 2.05) is 13.0 Å². The third-order valence-corrected chi connectivity index (χ3v) is 8.08. The van der Waals surface area contributed by atoms with Crippen LogP contribution >= 0.6 is 0 Å². The van der Waals surface area contributed by atoms with Crippen LogP contribution in [0.4, 0.5) is 11.8 Å². The monoisotopic (exact) mass is 459 g/mol. The minimum Gasteiger partial charge on any atom is -0.486 e. The first-order chi connectivity index (χ1) is 15.5. The second-order valence-corrected chi connectivity index (χ2v) is 10.3. The zero-order valence-corrected chi connectivity index (χ0v) is 19.2. The van der Waals surface area contributed by atoms with E-state index in [1.165, 1.54) is 23.6 Å². The maximum atomic E-state index is 13.2. The average molecular weight is 460 g/mol. The highest BCUT2D eigenvalue weighted by atomic mass is 32.2. The molecule has 172 valence electrons. The lowest BCUT2D eigenvalue weighted by molar-refractivity contribution is 0.171. The smallest absolute Gasteiger partial charge is 0.243 e. The number of piperazine rings is 1. The lowest BCUT2D eigenvalue weighted by Crippen LogP contribution is -2.49. The fourth-order valence-electron chi connectivity index (χ4n) is 4.42. The molecule has 5 rings (SSSR count). The summed E-state index contributed by atoms with van der Waals surface area (Å²) in [5.74, 6) is 2.72. The third-order valence-electron chi connectivity index (χ3n) is 6.18. The Hall–Kier alpha value is -2.59. The maximum Gasteiger partial charge on any atom is 0.243 e. The van der Waals surface area contributed by atoms with Crippen molar-refractivity contribution in [1.82, 2.24) is 14.3 Å². The normalized spacial score (nSPS) is 19.8. The number of rotatable bonds is 4. The number of hydrogen-bond donors (Lipinski definition) is 0. The van der Waals surface area contributed by atoms with E-state index < -0.39 is 10.0 Å². The molecule has 9 nitrogen and oxygen atoms in total. The van der Waals surface area contributed by atoms with Crippen molar-refractivity contribution in [3.63, 3.8) is 0 Å². The fourth-order valence-corrected chi connectivity index (χ4v) is 5.86. The average Bonchev–Trinajstić information content (AvgIpc) is 2.84. The van der Waals surface area contributed by atoms with Crippen LogP contribution in [0.1, 0.15) is 25.0 Å². The summed E-state index contributed by atoms with van der Waals surface area (Å²) in [4.78, 5) is 14.1. The summed E-state index contributed by atoms with van der Waals surface area (Å²) in [7, 11) is -3.61. The second-order valence-electron chi connectivity index (χ2n) is 8.41. The number of piperidine rings is 1. The van der Waals surface area contributed by atoms with E-state index in [0.717, 1.165) is 24.6 Å². The van der Waals surface area contributed by atoms with Gasteiger partial charge >= 0.3 is 0 Å². The fraction of sp³-hybridized carbons (Fsp3) is 0.545. The van der Waals surface area contributed by atoms with Gasteiger partial charge in [-0.2, -0.15) is 9.29 Å². The number of benzene rings is 1. The zero-order valence-electron chi connectivity index (χ0n) is 18.4. The molecule has 0 saturated carbocycles. The van der Waals surface area contributed by atoms with Gasteiger partial charge in [0.25, 0.3) is 0 Å². The zero-order chi connectivity index (χ0) is 22.1. The molecule has 3 aliphatic heterocycles. The molecular weight excluding hydrogens is 430 g/mol. The van der Waals surface area contributed by atoms with Crippen LogP contribution < -0.4 is 19.3 Å². The molecule has 0 atom stereocenters. The van der Waals surface area contributed by atoms with Gasteiger partial charge in [0.05, 0.1) is 4.90 Å². The number of fused-ring (bicyclic) bond motifs is 1. The molecule has 0 unspecified atom stereocenters. The summed E-state index contributed by atoms with van der Waals surface area (Å²) in [5.41, 5.74) is 0.932. The van der Waals surface area contributed by atoms with E-state index in [-0.39, 0.29) is 4.90 Å². The molecule has 3 aliphatic rings. The van der Waals surface area contributed by atoms with Gasteiger partial charge in [0.1, 0.15) is 19.0 Å². The van der Waals surface area contributed by atoms with Gasteiger partial charge in [0, 0.05) is 57.1 Å². The summed E-state index contributed by atoms with van der Waals surface area (Å²) in [6.45, 7) is 6.79. The summed E-state index contributed by atoms with van der Waals surface area (Å²) in [5, 5.41) is 0. The predicted octanol–water partition coefficient (Wildman–Crippen LogP) is 2.06. The van der Waals surface area contributed by atoms with Crippen LogP contribution in [0.3, 0.4) is 0 Å². The third kappa shape index (κ3) is 4.21. The largest absolute Gasteiger partial charge is 0.486 e. The molecule has 0 bridgehead atoms. The Morgan fingerprint density at radius 1 is 0.812 bits per heavy atom. The molecule has 32 heavy (non-hydrogen) atoms. The SMILES string of the molecule is Cc1cc(N2CCCCC2)nc(N2CCN(S(=O)(=O)c3ccc4c(c3)OCCO4)CC2)n1. The Balaban J connectivity index is 1.29. The molecule has 2 aromatic rings. The quantitative estimate of drug-likeness (QED) is 0.687. The Morgan fingerprint density at radius 2 is 1.53 bits per heavy atom. The van der Waals surface area contributed by atoms with Gasteiger partial charge < -0.3 is 19.3 Å². The van der Waals surface area contributed by atoms with Gasteiger partial charge in [-0.05, 0) is 38.3 Å². The summed E-state index contributed by atoms with van der Waals surface area (Å²) in [6.07, 6.45) is 3.65. The molecule has 10 heteroatoms. The van der Waals surface area contributed by atoms with Crippen LogP contribution in [0, 0.1) is 6.92 Å². The highest BCUT2D eigenvalue weighted by Crippen LogP contribution is 2.33. The Kier molecular flexibility index (Phi) is 5.81. The second kappa shape index (κ2) is 8.74. The van der Waals surface area contributed by atoms with Crippen molar-refractivity contribution in [1.29, 1.82) is 0 Å². The lowest BCUT2D eigenvalue weighted by Gasteiger charge is -2.35. The van der Waals surface area contributed by atoms with Gasteiger partial charge in [0.2, 0.25) is 16.0 Å². The molecule has 2 saturated heterocycles. The summed E-state index contributed by atoms with van der Waals surface area (Å²) >= 11 is 0. The molecule has 0 radical (unpaired) electrons. The number of aryl methyl sites for hydroxylation is 1. The molecule has 2 fully saturated rings. The Labute approximate surface area is 189 Å². The highest BCUT2D eigenvalue weighted by molar-refractivity contribution is 7.89. The minimum atomic E-state index is -3.61. The van der Waals surface area contributed by atoms with Crippen LogP contribution in [0.5, 0.6) is 11.5 Å². The number of ether oxygens (including phenoxy) is 2. The molecule has 1 aromatic heterocycles. The van der Waals surface area contributed by atoms with Crippen LogP contribution in [-0.2, 0) is 10.0 Å². The molecule has 0 amide bonds. The molecule has 1 aromatic carbocycles. The van der Waals surface area contributed by atoms with E-state index in [1.54, 1.807) is 18.2 Å². The first-order valence-electron chi connectivity index (χ1n) is 11.3. The molecule has 0 N–H and O–H groups in total. The van der Waals surface area contributed by atoms with Crippen molar-refractivity contribution in [3.05, 3.63) is 30.0 Å². The number of anilines is 2.